The Morgan fingerprint density at radius 1 is 1.24 bits per heavy atom. The molecule has 1 N–H and O–H groups in total. The first kappa shape index (κ1) is 22.2. The van der Waals surface area contributed by atoms with Gasteiger partial charge in [0.25, 0.3) is 0 Å². The molecule has 34 heavy (non-hydrogen) atoms. The quantitative estimate of drug-likeness (QED) is 0.595. The first-order valence-electron chi connectivity index (χ1n) is 11.9. The van der Waals surface area contributed by atoms with Crippen molar-refractivity contribution < 1.29 is 9.53 Å². The summed E-state index contributed by atoms with van der Waals surface area (Å²) >= 11 is 0. The van der Waals surface area contributed by atoms with Gasteiger partial charge in [0.05, 0.1) is 24.1 Å². The van der Waals surface area contributed by atoms with E-state index in [-0.39, 0.29) is 6.04 Å². The number of nitrogens with zero attached hydrogens (tertiary/aromatic N) is 7. The summed E-state index contributed by atoms with van der Waals surface area (Å²) < 4.78 is 7.41. The SMILES string of the molecule is CC[C@@H]1c2nncn2-c2cnc(-c3ccncc3NC(=O)OC(C)(C)C)nc2N1C1CCCC1. The molecule has 10 heteroatoms. The minimum atomic E-state index is -0.609. The molecule has 1 aliphatic carbocycles. The summed E-state index contributed by atoms with van der Waals surface area (Å²) in [6.07, 6.45) is 11.8. The van der Waals surface area contributed by atoms with Crippen LogP contribution in [0.3, 0.4) is 0 Å². The number of nitrogens with one attached hydrogen (secondary N) is 1. The number of rotatable bonds is 4. The lowest BCUT2D eigenvalue weighted by atomic mass is 10.0. The second kappa shape index (κ2) is 8.66. The monoisotopic (exact) mass is 462 g/mol. The number of ether oxygens (including phenoxy) is 1. The Kier molecular flexibility index (Phi) is 5.66. The van der Waals surface area contributed by atoms with E-state index in [1.807, 2.05) is 31.5 Å². The zero-order valence-electron chi connectivity index (χ0n) is 20.0. The van der Waals surface area contributed by atoms with E-state index in [2.05, 4.69) is 37.3 Å². The largest absolute Gasteiger partial charge is 0.444 e. The maximum absolute atomic E-state index is 12.4. The minimum absolute atomic E-state index is 0.0950. The molecular weight excluding hydrogens is 432 g/mol. The van der Waals surface area contributed by atoms with E-state index < -0.39 is 11.7 Å². The fourth-order valence-corrected chi connectivity index (χ4v) is 4.88. The molecule has 3 aromatic heterocycles. The van der Waals surface area contributed by atoms with E-state index in [0.29, 0.717) is 23.1 Å². The van der Waals surface area contributed by atoms with Crippen molar-refractivity contribution in [2.45, 2.75) is 77.5 Å². The average Bonchev–Trinajstić information content (AvgIpc) is 3.49. The first-order valence-corrected chi connectivity index (χ1v) is 11.9. The van der Waals surface area contributed by atoms with E-state index in [4.69, 9.17) is 9.72 Å². The second-order valence-corrected chi connectivity index (χ2v) is 9.78. The van der Waals surface area contributed by atoms with Crippen LogP contribution in [-0.2, 0) is 4.74 Å². The minimum Gasteiger partial charge on any atom is -0.444 e. The highest BCUT2D eigenvalue weighted by Crippen LogP contribution is 2.43. The molecule has 2 aliphatic rings. The van der Waals surface area contributed by atoms with Crippen molar-refractivity contribution in [3.05, 3.63) is 36.8 Å². The second-order valence-electron chi connectivity index (χ2n) is 9.78. The zero-order valence-corrected chi connectivity index (χ0v) is 20.0. The normalized spacial score (nSPS) is 17.9. The molecule has 1 amide bonds. The Bertz CT molecular complexity index is 1200. The van der Waals surface area contributed by atoms with Gasteiger partial charge in [0.2, 0.25) is 0 Å². The molecule has 0 spiro atoms. The number of carbonyl (C=O) groups is 1. The summed E-state index contributed by atoms with van der Waals surface area (Å²) in [5, 5.41) is 11.4. The van der Waals surface area contributed by atoms with Crippen LogP contribution in [0.15, 0.2) is 31.0 Å². The molecule has 178 valence electrons. The summed E-state index contributed by atoms with van der Waals surface area (Å²) in [5.41, 5.74) is 1.44. The number of amides is 1. The maximum Gasteiger partial charge on any atom is 0.412 e. The van der Waals surface area contributed by atoms with Gasteiger partial charge in [-0.05, 0) is 46.1 Å². The molecule has 0 bridgehead atoms. The van der Waals surface area contributed by atoms with Crippen molar-refractivity contribution in [2.75, 3.05) is 10.2 Å². The van der Waals surface area contributed by atoms with Crippen molar-refractivity contribution in [3.63, 3.8) is 0 Å². The van der Waals surface area contributed by atoms with Gasteiger partial charge in [-0.15, -0.1) is 10.2 Å². The van der Waals surface area contributed by atoms with E-state index in [1.54, 1.807) is 24.8 Å². The molecule has 3 aromatic rings. The third-order valence-electron chi connectivity index (χ3n) is 6.26. The number of fused-ring (bicyclic) bond motifs is 3. The van der Waals surface area contributed by atoms with Gasteiger partial charge >= 0.3 is 6.09 Å². The Morgan fingerprint density at radius 3 is 2.76 bits per heavy atom. The summed E-state index contributed by atoms with van der Waals surface area (Å²) in [4.78, 5) is 28.7. The highest BCUT2D eigenvalue weighted by molar-refractivity contribution is 5.90. The number of aromatic nitrogens is 6. The van der Waals surface area contributed by atoms with Gasteiger partial charge in [-0.2, -0.15) is 0 Å². The van der Waals surface area contributed by atoms with E-state index in [0.717, 1.165) is 36.6 Å². The van der Waals surface area contributed by atoms with Crippen LogP contribution in [0.25, 0.3) is 17.1 Å². The molecule has 1 aliphatic heterocycles. The third kappa shape index (κ3) is 4.08. The highest BCUT2D eigenvalue weighted by Gasteiger charge is 2.38. The number of carbonyl (C=O) groups excluding carboxylic acids is 1. The van der Waals surface area contributed by atoms with Crippen molar-refractivity contribution >= 4 is 17.6 Å². The summed E-state index contributed by atoms with van der Waals surface area (Å²) in [6, 6.07) is 2.30. The van der Waals surface area contributed by atoms with Gasteiger partial charge in [0.1, 0.15) is 17.6 Å². The van der Waals surface area contributed by atoms with Gasteiger partial charge in [0.15, 0.2) is 17.5 Å². The van der Waals surface area contributed by atoms with Gasteiger partial charge in [-0.3, -0.25) is 14.9 Å². The Hall–Kier alpha value is -3.56. The Labute approximate surface area is 198 Å². The zero-order chi connectivity index (χ0) is 23.9. The smallest absolute Gasteiger partial charge is 0.412 e. The van der Waals surface area contributed by atoms with Crippen LogP contribution in [0.5, 0.6) is 0 Å². The van der Waals surface area contributed by atoms with Gasteiger partial charge < -0.3 is 9.64 Å². The van der Waals surface area contributed by atoms with Crippen LogP contribution in [0, 0.1) is 0 Å². The summed E-state index contributed by atoms with van der Waals surface area (Å²) in [6.45, 7) is 7.64. The fourth-order valence-electron chi connectivity index (χ4n) is 4.88. The molecule has 5 rings (SSSR count). The average molecular weight is 463 g/mol. The van der Waals surface area contributed by atoms with Crippen LogP contribution < -0.4 is 10.2 Å². The molecule has 1 atom stereocenters. The molecule has 10 nitrogen and oxygen atoms in total. The van der Waals surface area contributed by atoms with Gasteiger partial charge in [-0.1, -0.05) is 19.8 Å². The molecule has 0 aromatic carbocycles. The highest BCUT2D eigenvalue weighted by atomic mass is 16.6. The topological polar surface area (TPSA) is 111 Å². The Balaban J connectivity index is 1.57. The Morgan fingerprint density at radius 2 is 2.03 bits per heavy atom. The molecule has 0 radical (unpaired) electrons. The molecule has 1 saturated carbocycles. The predicted molar refractivity (Wildman–Crippen MR) is 128 cm³/mol. The molecule has 0 unspecified atom stereocenters. The van der Waals surface area contributed by atoms with Crippen LogP contribution >= 0.6 is 0 Å². The first-order chi connectivity index (χ1) is 16.4. The number of hydrogen-bond donors (Lipinski definition) is 1. The summed E-state index contributed by atoms with van der Waals surface area (Å²) in [7, 11) is 0. The van der Waals surface area contributed by atoms with E-state index in [9.17, 15) is 4.79 Å². The third-order valence-corrected chi connectivity index (χ3v) is 6.26. The summed E-state index contributed by atoms with van der Waals surface area (Å²) in [5.74, 6) is 2.31. The van der Waals surface area contributed by atoms with Crippen molar-refractivity contribution in [1.29, 1.82) is 0 Å². The number of pyridine rings is 1. The van der Waals surface area contributed by atoms with Crippen molar-refractivity contribution in [3.8, 4) is 17.1 Å². The lowest BCUT2D eigenvalue weighted by molar-refractivity contribution is 0.0636. The van der Waals surface area contributed by atoms with Crippen LogP contribution in [-0.4, -0.2) is 47.5 Å². The van der Waals surface area contributed by atoms with Crippen LogP contribution in [0.2, 0.25) is 0 Å². The molecule has 1 fully saturated rings. The van der Waals surface area contributed by atoms with Gasteiger partial charge in [0, 0.05) is 17.8 Å². The predicted octanol–water partition coefficient (Wildman–Crippen LogP) is 4.68. The fraction of sp³-hybridized carbons (Fsp3) is 0.500. The lowest BCUT2D eigenvalue weighted by Gasteiger charge is -2.40. The van der Waals surface area contributed by atoms with Crippen molar-refractivity contribution in [2.24, 2.45) is 0 Å². The van der Waals surface area contributed by atoms with Crippen molar-refractivity contribution in [1.82, 2.24) is 29.7 Å². The van der Waals surface area contributed by atoms with Gasteiger partial charge in [-0.25, -0.2) is 14.8 Å². The lowest BCUT2D eigenvalue weighted by Crippen LogP contribution is -2.42. The standard InChI is InChI=1S/C24H30N8O2/c1-5-18-22-30-27-14-31(22)19-13-26-20(29-21(19)32(18)15-8-6-7-9-15)16-10-11-25-12-17(16)28-23(33)34-24(2,3)4/h10-15,18H,5-9H2,1-4H3,(H,28,33)/t18-/m1/s1. The number of hydrogen-bond acceptors (Lipinski definition) is 8. The van der Waals surface area contributed by atoms with E-state index in [1.165, 1.54) is 12.8 Å². The number of anilines is 2. The van der Waals surface area contributed by atoms with Crippen LogP contribution in [0.1, 0.15) is 71.7 Å². The molecular formula is C24H30N8O2. The van der Waals surface area contributed by atoms with E-state index >= 15 is 0 Å². The maximum atomic E-state index is 12.4. The molecule has 4 heterocycles. The van der Waals surface area contributed by atoms with Crippen LogP contribution in [0.4, 0.5) is 16.3 Å². The molecule has 0 saturated heterocycles.